The first-order valence-corrected chi connectivity index (χ1v) is 7.98. The zero-order valence-electron chi connectivity index (χ0n) is 13.0. The zero-order chi connectivity index (χ0) is 16.1. The van der Waals surface area contributed by atoms with E-state index in [0.717, 1.165) is 12.8 Å². The van der Waals surface area contributed by atoms with Crippen LogP contribution in [0.4, 0.5) is 0 Å². The summed E-state index contributed by atoms with van der Waals surface area (Å²) in [5.74, 6) is -0.842. The van der Waals surface area contributed by atoms with E-state index in [4.69, 9.17) is 10.5 Å². The summed E-state index contributed by atoms with van der Waals surface area (Å²) in [6, 6.07) is -1.16. The third-order valence-corrected chi connectivity index (χ3v) is 4.42. The molecule has 1 saturated heterocycles. The van der Waals surface area contributed by atoms with E-state index >= 15 is 0 Å². The second-order valence-corrected chi connectivity index (χ2v) is 6.03. The highest BCUT2D eigenvalue weighted by molar-refractivity contribution is 5.90. The van der Waals surface area contributed by atoms with Gasteiger partial charge in [0.05, 0.1) is 12.1 Å². The molecule has 1 heterocycles. The summed E-state index contributed by atoms with van der Waals surface area (Å²) in [6.07, 6.45) is 3.08. The predicted molar refractivity (Wildman–Crippen MR) is 79.9 cm³/mol. The summed E-state index contributed by atoms with van der Waals surface area (Å²) < 4.78 is 5.48. The molecule has 1 aliphatic heterocycles. The third-order valence-electron chi connectivity index (χ3n) is 4.42. The Morgan fingerprint density at radius 1 is 1.50 bits per heavy atom. The fraction of sp³-hybridized carbons (Fsp3) is 0.800. The van der Waals surface area contributed by atoms with E-state index in [0.29, 0.717) is 32.4 Å². The number of amides is 2. The summed E-state index contributed by atoms with van der Waals surface area (Å²) in [4.78, 5) is 35.5. The Hall–Kier alpha value is -1.47. The summed E-state index contributed by atoms with van der Waals surface area (Å²) in [6.45, 7) is 3.14. The second-order valence-electron chi connectivity index (χ2n) is 6.03. The van der Waals surface area contributed by atoms with Crippen molar-refractivity contribution in [2.45, 2.75) is 57.2 Å². The molecule has 124 valence electrons. The van der Waals surface area contributed by atoms with Crippen molar-refractivity contribution in [2.24, 2.45) is 11.7 Å². The molecule has 1 saturated carbocycles. The van der Waals surface area contributed by atoms with Gasteiger partial charge in [0.25, 0.3) is 0 Å². The normalized spacial score (nSPS) is 29.5. The zero-order valence-corrected chi connectivity index (χ0v) is 13.0. The number of rotatable bonds is 7. The number of primary amides is 1. The van der Waals surface area contributed by atoms with Gasteiger partial charge in [-0.25, -0.2) is 0 Å². The van der Waals surface area contributed by atoms with Crippen LogP contribution >= 0.6 is 0 Å². The van der Waals surface area contributed by atoms with Crippen LogP contribution in [0, 0.1) is 5.92 Å². The molecule has 2 fully saturated rings. The van der Waals surface area contributed by atoms with E-state index < -0.39 is 11.9 Å². The number of hydrogen-bond donors (Lipinski definition) is 3. The number of nitrogens with two attached hydrogens (primary N) is 1. The summed E-state index contributed by atoms with van der Waals surface area (Å²) in [5, 5.41) is 5.77. The molecule has 0 aromatic carbocycles. The van der Waals surface area contributed by atoms with Crippen molar-refractivity contribution < 1.29 is 19.1 Å². The van der Waals surface area contributed by atoms with Gasteiger partial charge in [0.1, 0.15) is 11.8 Å². The highest BCUT2D eigenvalue weighted by Crippen LogP contribution is 2.25. The molecular weight excluding hydrogens is 286 g/mol. The van der Waals surface area contributed by atoms with Crippen LogP contribution in [0.25, 0.3) is 0 Å². The Balaban J connectivity index is 1.86. The minimum absolute atomic E-state index is 0.0178. The van der Waals surface area contributed by atoms with E-state index in [1.165, 1.54) is 0 Å². The van der Waals surface area contributed by atoms with E-state index in [1.807, 2.05) is 6.92 Å². The quantitative estimate of drug-likeness (QED) is 0.586. The van der Waals surface area contributed by atoms with Crippen molar-refractivity contribution in [1.29, 1.82) is 0 Å². The molecule has 4 atom stereocenters. The number of hydrogen-bond acceptors (Lipinski definition) is 5. The standard InChI is InChI=1S/C15H25N3O4/c1-2-22-10-7-12(17-8-10)15(21)18-11(14(16)20)6-9-4-3-5-13(9)19/h9-12,17H,2-8H2,1H3,(H2,16,20)(H,18,21)/t9-,10+,11-,12-/m0/s1. The Bertz CT molecular complexity index is 441. The van der Waals surface area contributed by atoms with Crippen LogP contribution in [0.5, 0.6) is 0 Å². The van der Waals surface area contributed by atoms with Crippen LogP contribution in [0.1, 0.15) is 39.0 Å². The van der Waals surface area contributed by atoms with E-state index in [-0.39, 0.29) is 29.8 Å². The molecule has 0 aromatic rings. The molecule has 0 unspecified atom stereocenters. The summed E-state index contributed by atoms with van der Waals surface area (Å²) in [5.41, 5.74) is 5.37. The smallest absolute Gasteiger partial charge is 0.240 e. The first-order valence-electron chi connectivity index (χ1n) is 7.98. The Kier molecular flexibility index (Phi) is 5.90. The molecule has 22 heavy (non-hydrogen) atoms. The van der Waals surface area contributed by atoms with Crippen molar-refractivity contribution in [3.63, 3.8) is 0 Å². The van der Waals surface area contributed by atoms with Crippen LogP contribution in [0.3, 0.4) is 0 Å². The summed E-state index contributed by atoms with van der Waals surface area (Å²) >= 11 is 0. The maximum absolute atomic E-state index is 12.2. The van der Waals surface area contributed by atoms with Crippen molar-refractivity contribution in [3.05, 3.63) is 0 Å². The first-order chi connectivity index (χ1) is 10.5. The number of Topliss-reactive ketones (excluding diaryl/α,β-unsaturated/α-hetero) is 1. The van der Waals surface area contributed by atoms with Gasteiger partial charge in [0.2, 0.25) is 11.8 Å². The fourth-order valence-corrected chi connectivity index (χ4v) is 3.21. The van der Waals surface area contributed by atoms with Gasteiger partial charge in [-0.05, 0) is 32.6 Å². The lowest BCUT2D eigenvalue weighted by molar-refractivity contribution is -0.129. The average molecular weight is 311 g/mol. The molecule has 7 nitrogen and oxygen atoms in total. The monoisotopic (exact) mass is 311 g/mol. The summed E-state index contributed by atoms with van der Waals surface area (Å²) in [7, 11) is 0. The lowest BCUT2D eigenvalue weighted by atomic mass is 9.97. The lowest BCUT2D eigenvalue weighted by Gasteiger charge is -2.20. The maximum Gasteiger partial charge on any atom is 0.240 e. The highest BCUT2D eigenvalue weighted by atomic mass is 16.5. The molecule has 0 bridgehead atoms. The predicted octanol–water partition coefficient (Wildman–Crippen LogP) is -0.517. The Morgan fingerprint density at radius 3 is 2.86 bits per heavy atom. The van der Waals surface area contributed by atoms with Crippen molar-refractivity contribution in [3.8, 4) is 0 Å². The molecular formula is C15H25N3O4. The minimum atomic E-state index is -0.785. The molecule has 7 heteroatoms. The van der Waals surface area contributed by atoms with Gasteiger partial charge in [0, 0.05) is 25.5 Å². The van der Waals surface area contributed by atoms with Gasteiger partial charge < -0.3 is 21.1 Å². The second kappa shape index (κ2) is 7.69. The van der Waals surface area contributed by atoms with Gasteiger partial charge in [-0.1, -0.05) is 0 Å². The van der Waals surface area contributed by atoms with Gasteiger partial charge in [0.15, 0.2) is 0 Å². The molecule has 0 radical (unpaired) electrons. The topological polar surface area (TPSA) is 111 Å². The average Bonchev–Trinajstić information content (AvgIpc) is 3.08. The number of carbonyl (C=O) groups is 3. The molecule has 2 amide bonds. The minimum Gasteiger partial charge on any atom is -0.377 e. The number of carbonyl (C=O) groups excluding carboxylic acids is 3. The van der Waals surface area contributed by atoms with Gasteiger partial charge in [-0.3, -0.25) is 14.4 Å². The molecule has 2 aliphatic rings. The number of ketones is 1. The van der Waals surface area contributed by atoms with Crippen LogP contribution in [0.2, 0.25) is 0 Å². The SMILES string of the molecule is CCO[C@H]1CN[C@H](C(=O)N[C@@H](C[C@@H]2CCCC2=O)C(N)=O)C1. The number of nitrogens with one attached hydrogen (secondary N) is 2. The molecule has 1 aliphatic carbocycles. The molecule has 0 spiro atoms. The Labute approximate surface area is 130 Å². The van der Waals surface area contributed by atoms with Gasteiger partial charge in [-0.2, -0.15) is 0 Å². The largest absolute Gasteiger partial charge is 0.377 e. The van der Waals surface area contributed by atoms with Crippen LogP contribution in [0.15, 0.2) is 0 Å². The first kappa shape index (κ1) is 16.9. The van der Waals surface area contributed by atoms with Crippen LogP contribution in [-0.2, 0) is 19.1 Å². The maximum atomic E-state index is 12.2. The number of ether oxygens (including phenoxy) is 1. The highest BCUT2D eigenvalue weighted by Gasteiger charge is 2.34. The van der Waals surface area contributed by atoms with E-state index in [1.54, 1.807) is 0 Å². The van der Waals surface area contributed by atoms with E-state index in [9.17, 15) is 14.4 Å². The van der Waals surface area contributed by atoms with Gasteiger partial charge >= 0.3 is 0 Å². The lowest BCUT2D eigenvalue weighted by Crippen LogP contribution is -2.51. The fourth-order valence-electron chi connectivity index (χ4n) is 3.21. The van der Waals surface area contributed by atoms with Crippen molar-refractivity contribution in [2.75, 3.05) is 13.2 Å². The van der Waals surface area contributed by atoms with Crippen molar-refractivity contribution >= 4 is 17.6 Å². The van der Waals surface area contributed by atoms with Gasteiger partial charge in [-0.15, -0.1) is 0 Å². The molecule has 0 aromatic heterocycles. The van der Waals surface area contributed by atoms with Crippen molar-refractivity contribution in [1.82, 2.24) is 10.6 Å². The molecule has 2 rings (SSSR count). The van der Waals surface area contributed by atoms with Crippen LogP contribution in [-0.4, -0.2) is 48.9 Å². The molecule has 4 N–H and O–H groups in total. The third kappa shape index (κ3) is 4.27. The Morgan fingerprint density at radius 2 is 2.27 bits per heavy atom. The van der Waals surface area contributed by atoms with E-state index in [2.05, 4.69) is 10.6 Å². The van der Waals surface area contributed by atoms with Crippen LogP contribution < -0.4 is 16.4 Å².